The van der Waals surface area contributed by atoms with E-state index in [4.69, 9.17) is 0 Å². The van der Waals surface area contributed by atoms with Crippen LogP contribution in [0.4, 0.5) is 0 Å². The van der Waals surface area contributed by atoms with Crippen molar-refractivity contribution in [1.29, 1.82) is 0 Å². The number of rotatable bonds is 0. The molecule has 0 nitrogen and oxygen atoms in total. The lowest BCUT2D eigenvalue weighted by Gasteiger charge is -2.61. The molecule has 0 N–H and O–H groups in total. The van der Waals surface area contributed by atoms with Gasteiger partial charge in [0, 0.05) is 0 Å². The van der Waals surface area contributed by atoms with Gasteiger partial charge in [-0.15, -0.1) is 0 Å². The molecule has 10 atom stereocenters. The lowest BCUT2D eigenvalue weighted by Crippen LogP contribution is -2.56. The molecule has 5 aliphatic rings. The van der Waals surface area contributed by atoms with E-state index in [0.717, 1.165) is 11.8 Å². The topological polar surface area (TPSA) is 0 Å². The Morgan fingerprint density at radius 2 is 1.19 bits per heavy atom. The minimum absolute atomic E-state index is 1.07. The van der Waals surface area contributed by atoms with Gasteiger partial charge in [-0.3, -0.25) is 0 Å². The van der Waals surface area contributed by atoms with Gasteiger partial charge >= 0.3 is 0 Å². The highest BCUT2D eigenvalue weighted by Crippen LogP contribution is 2.78. The highest BCUT2D eigenvalue weighted by molar-refractivity contribution is 5.21. The molecule has 5 rings (SSSR count). The predicted octanol–water partition coefficient (Wildman–Crippen LogP) is 3.82. The maximum Gasteiger partial charge on any atom is -0.0315 e. The van der Waals surface area contributed by atoms with E-state index in [-0.39, 0.29) is 0 Å². The van der Waals surface area contributed by atoms with Crippen LogP contribution in [0.2, 0.25) is 0 Å². The van der Waals surface area contributed by atoms with Gasteiger partial charge in [-0.25, -0.2) is 0 Å². The van der Waals surface area contributed by atoms with Gasteiger partial charge in [0.25, 0.3) is 0 Å². The van der Waals surface area contributed by atoms with Crippen LogP contribution >= 0.6 is 0 Å². The molecule has 0 heteroatoms. The van der Waals surface area contributed by atoms with Crippen LogP contribution in [0.25, 0.3) is 0 Å². The van der Waals surface area contributed by atoms with E-state index in [9.17, 15) is 0 Å². The summed E-state index contributed by atoms with van der Waals surface area (Å²) in [5.41, 5.74) is 0. The third-order valence-corrected chi connectivity index (χ3v) is 7.97. The smallest absolute Gasteiger partial charge is 0.0315 e. The predicted molar refractivity (Wildman–Crippen MR) is 64.7 cm³/mol. The Morgan fingerprint density at radius 1 is 0.562 bits per heavy atom. The van der Waals surface area contributed by atoms with Crippen LogP contribution in [0.3, 0.4) is 0 Å². The van der Waals surface area contributed by atoms with Crippen LogP contribution in [0.1, 0.15) is 39.5 Å². The molecule has 5 saturated carbocycles. The summed E-state index contributed by atoms with van der Waals surface area (Å²) >= 11 is 0. The summed E-state index contributed by atoms with van der Waals surface area (Å²) in [6.07, 6.45) is 6.36. The largest absolute Gasteiger partial charge is 0.0622 e. The molecule has 10 unspecified atom stereocenters. The highest BCUT2D eigenvalue weighted by atomic mass is 14.8. The van der Waals surface area contributed by atoms with E-state index in [2.05, 4.69) is 13.8 Å². The molecule has 16 heavy (non-hydrogen) atoms. The molecule has 0 aromatic rings. The molecule has 0 aliphatic heterocycles. The second-order valence-corrected chi connectivity index (χ2v) is 7.87. The molecule has 5 fully saturated rings. The van der Waals surface area contributed by atoms with E-state index < -0.39 is 0 Å². The van der Waals surface area contributed by atoms with E-state index in [1.165, 1.54) is 47.3 Å². The second kappa shape index (κ2) is 2.54. The van der Waals surface area contributed by atoms with Crippen molar-refractivity contribution in [3.63, 3.8) is 0 Å². The quantitative estimate of drug-likeness (QED) is 0.577. The fourth-order valence-corrected chi connectivity index (χ4v) is 7.49. The summed E-state index contributed by atoms with van der Waals surface area (Å²) in [4.78, 5) is 0. The highest BCUT2D eigenvalue weighted by Gasteiger charge is 2.73. The lowest BCUT2D eigenvalue weighted by atomic mass is 9.44. The van der Waals surface area contributed by atoms with Crippen molar-refractivity contribution >= 4 is 0 Å². The van der Waals surface area contributed by atoms with Crippen LogP contribution in [-0.4, -0.2) is 0 Å². The summed E-state index contributed by atoms with van der Waals surface area (Å²) in [7, 11) is 0. The Kier molecular flexibility index (Phi) is 1.43. The Bertz CT molecular complexity index is 346. The van der Waals surface area contributed by atoms with E-state index in [0.29, 0.717) is 0 Å². The average molecular weight is 216 g/mol. The SMILES string of the molecule is CC1CCC2C1C1C(C)C3C4CCC4C3C21. The van der Waals surface area contributed by atoms with Crippen molar-refractivity contribution in [3.05, 3.63) is 0 Å². The maximum atomic E-state index is 2.62. The second-order valence-electron chi connectivity index (χ2n) is 7.87. The molecule has 0 bridgehead atoms. The Morgan fingerprint density at radius 3 is 1.94 bits per heavy atom. The Labute approximate surface area is 99.2 Å². The molecule has 0 spiro atoms. The fourth-order valence-electron chi connectivity index (χ4n) is 7.49. The summed E-state index contributed by atoms with van der Waals surface area (Å²) in [5, 5.41) is 0. The van der Waals surface area contributed by atoms with Crippen LogP contribution in [0.15, 0.2) is 0 Å². The third kappa shape index (κ3) is 0.703. The van der Waals surface area contributed by atoms with Crippen molar-refractivity contribution in [2.75, 3.05) is 0 Å². The van der Waals surface area contributed by atoms with E-state index in [1.54, 1.807) is 25.7 Å². The first-order valence-corrected chi connectivity index (χ1v) is 7.79. The summed E-state index contributed by atoms with van der Waals surface area (Å²) in [6.45, 7) is 5.17. The zero-order chi connectivity index (χ0) is 10.6. The summed E-state index contributed by atoms with van der Waals surface area (Å²) in [6, 6.07) is 0. The van der Waals surface area contributed by atoms with Crippen LogP contribution < -0.4 is 0 Å². The molecule has 0 aromatic heterocycles. The van der Waals surface area contributed by atoms with Gasteiger partial charge in [-0.05, 0) is 78.4 Å². The summed E-state index contributed by atoms with van der Waals surface area (Å²) in [5.74, 6) is 11.8. The summed E-state index contributed by atoms with van der Waals surface area (Å²) < 4.78 is 0. The number of fused-ring (bicyclic) bond motifs is 9. The molecule has 0 saturated heterocycles. The Balaban J connectivity index is 1.52. The molecule has 0 aromatic carbocycles. The van der Waals surface area contributed by atoms with Crippen molar-refractivity contribution in [3.8, 4) is 0 Å². The van der Waals surface area contributed by atoms with Crippen LogP contribution in [-0.2, 0) is 0 Å². The van der Waals surface area contributed by atoms with Crippen molar-refractivity contribution < 1.29 is 0 Å². The molecule has 0 radical (unpaired) electrons. The van der Waals surface area contributed by atoms with Gasteiger partial charge in [0.15, 0.2) is 0 Å². The first-order chi connectivity index (χ1) is 7.79. The first kappa shape index (κ1) is 9.00. The number of hydrogen-bond acceptors (Lipinski definition) is 0. The molecular weight excluding hydrogens is 192 g/mol. The minimum Gasteiger partial charge on any atom is -0.0622 e. The zero-order valence-corrected chi connectivity index (χ0v) is 10.6. The fraction of sp³-hybridized carbons (Fsp3) is 1.00. The first-order valence-electron chi connectivity index (χ1n) is 7.79. The average Bonchev–Trinajstić information content (AvgIpc) is 2.57. The standard InChI is InChI=1S/C16H24/c1-7-3-4-11-12(7)14-8(2)13-9-5-6-10(9)15(13)16(11)14/h7-16H,3-6H2,1-2H3. The van der Waals surface area contributed by atoms with Gasteiger partial charge in [0.05, 0.1) is 0 Å². The molecule has 0 amide bonds. The van der Waals surface area contributed by atoms with Gasteiger partial charge in [-0.1, -0.05) is 20.3 Å². The van der Waals surface area contributed by atoms with Gasteiger partial charge < -0.3 is 0 Å². The van der Waals surface area contributed by atoms with E-state index >= 15 is 0 Å². The molecular formula is C16H24. The lowest BCUT2D eigenvalue weighted by molar-refractivity contribution is -0.133. The van der Waals surface area contributed by atoms with Crippen molar-refractivity contribution in [2.24, 2.45) is 59.2 Å². The van der Waals surface area contributed by atoms with Crippen molar-refractivity contribution in [2.45, 2.75) is 39.5 Å². The minimum atomic E-state index is 1.07. The Hall–Kier alpha value is 0. The maximum absolute atomic E-state index is 2.62. The third-order valence-electron chi connectivity index (χ3n) is 7.97. The number of hydrogen-bond donors (Lipinski definition) is 0. The van der Waals surface area contributed by atoms with Crippen LogP contribution in [0, 0.1) is 59.2 Å². The molecule has 88 valence electrons. The van der Waals surface area contributed by atoms with Gasteiger partial charge in [-0.2, -0.15) is 0 Å². The van der Waals surface area contributed by atoms with E-state index in [1.807, 2.05) is 0 Å². The molecule has 5 aliphatic carbocycles. The monoisotopic (exact) mass is 216 g/mol. The molecule has 0 heterocycles. The van der Waals surface area contributed by atoms with Crippen LogP contribution in [0.5, 0.6) is 0 Å². The zero-order valence-electron chi connectivity index (χ0n) is 10.6. The normalized spacial score (nSPS) is 73.9. The van der Waals surface area contributed by atoms with Gasteiger partial charge in [0.1, 0.15) is 0 Å². The van der Waals surface area contributed by atoms with Gasteiger partial charge in [0.2, 0.25) is 0 Å². The van der Waals surface area contributed by atoms with Crippen molar-refractivity contribution in [1.82, 2.24) is 0 Å².